The van der Waals surface area contributed by atoms with E-state index in [-0.39, 0.29) is 5.82 Å². The lowest BCUT2D eigenvalue weighted by molar-refractivity contribution is 0.284. The van der Waals surface area contributed by atoms with Crippen LogP contribution in [0.15, 0.2) is 24.3 Å². The minimum atomic E-state index is -0.164. The number of nitrogens with zero attached hydrogens (tertiary/aromatic N) is 1. The zero-order chi connectivity index (χ0) is 12.6. The largest absolute Gasteiger partial charge is 0.311 e. The number of benzene rings is 1. The summed E-state index contributed by atoms with van der Waals surface area (Å²) in [7, 11) is 0. The van der Waals surface area contributed by atoms with Crippen molar-refractivity contribution in [2.24, 2.45) is 0 Å². The quantitative estimate of drug-likeness (QED) is 0.808. The zero-order valence-corrected chi connectivity index (χ0v) is 11.0. The molecule has 0 aromatic heterocycles. The average Bonchev–Trinajstić information content (AvgIpc) is 2.65. The van der Waals surface area contributed by atoms with Crippen LogP contribution in [0.4, 0.5) is 4.39 Å². The van der Waals surface area contributed by atoms with Crippen LogP contribution in [0.5, 0.6) is 0 Å². The molecule has 2 rings (SSSR count). The van der Waals surface area contributed by atoms with Crippen LogP contribution in [0.3, 0.4) is 0 Å². The van der Waals surface area contributed by atoms with E-state index in [4.69, 9.17) is 0 Å². The van der Waals surface area contributed by atoms with Crippen LogP contribution >= 0.6 is 0 Å². The highest BCUT2D eigenvalue weighted by Crippen LogP contribution is 2.08. The minimum absolute atomic E-state index is 0.164. The molecule has 1 aromatic carbocycles. The van der Waals surface area contributed by atoms with E-state index < -0.39 is 0 Å². The number of hydrogen-bond acceptors (Lipinski definition) is 2. The van der Waals surface area contributed by atoms with E-state index in [1.165, 1.54) is 50.9 Å². The van der Waals surface area contributed by atoms with Gasteiger partial charge in [-0.05, 0) is 43.6 Å². The molecule has 18 heavy (non-hydrogen) atoms. The average molecular weight is 250 g/mol. The fraction of sp³-hybridized carbons (Fsp3) is 0.600. The summed E-state index contributed by atoms with van der Waals surface area (Å²) in [4.78, 5) is 2.55. The van der Waals surface area contributed by atoms with E-state index in [9.17, 15) is 4.39 Å². The summed E-state index contributed by atoms with van der Waals surface area (Å²) >= 11 is 0. The molecule has 0 atom stereocenters. The molecule has 0 aliphatic carbocycles. The smallest absolute Gasteiger partial charge is 0.123 e. The Balaban J connectivity index is 1.61. The molecule has 1 fully saturated rings. The lowest BCUT2D eigenvalue weighted by Gasteiger charge is -2.19. The molecule has 3 heteroatoms. The Morgan fingerprint density at radius 2 is 1.67 bits per heavy atom. The van der Waals surface area contributed by atoms with Gasteiger partial charge in [0.1, 0.15) is 5.82 Å². The first kappa shape index (κ1) is 13.5. The summed E-state index contributed by atoms with van der Waals surface area (Å²) in [6, 6.07) is 6.72. The first-order chi connectivity index (χ1) is 8.84. The molecule has 0 unspecified atom stereocenters. The van der Waals surface area contributed by atoms with Crippen LogP contribution in [0.25, 0.3) is 0 Å². The van der Waals surface area contributed by atoms with Crippen LogP contribution < -0.4 is 5.32 Å². The van der Waals surface area contributed by atoms with Gasteiger partial charge in [-0.3, -0.25) is 0 Å². The second kappa shape index (κ2) is 7.49. The van der Waals surface area contributed by atoms with Gasteiger partial charge in [0.25, 0.3) is 0 Å². The lowest BCUT2D eigenvalue weighted by Crippen LogP contribution is -2.32. The van der Waals surface area contributed by atoms with Crippen molar-refractivity contribution in [3.05, 3.63) is 35.6 Å². The van der Waals surface area contributed by atoms with Gasteiger partial charge in [0.15, 0.2) is 0 Å². The summed E-state index contributed by atoms with van der Waals surface area (Å²) in [5, 5.41) is 3.42. The SMILES string of the molecule is Fc1ccc(CNCCN2CCCCCC2)cc1. The maximum absolute atomic E-state index is 12.7. The van der Waals surface area contributed by atoms with Crippen molar-refractivity contribution in [3.63, 3.8) is 0 Å². The van der Waals surface area contributed by atoms with Gasteiger partial charge in [-0.15, -0.1) is 0 Å². The molecule has 100 valence electrons. The van der Waals surface area contributed by atoms with Gasteiger partial charge in [-0.2, -0.15) is 0 Å². The van der Waals surface area contributed by atoms with Crippen molar-refractivity contribution in [1.82, 2.24) is 10.2 Å². The van der Waals surface area contributed by atoms with Crippen LogP contribution in [0, 0.1) is 5.82 Å². The van der Waals surface area contributed by atoms with Crippen LogP contribution in [-0.2, 0) is 6.54 Å². The monoisotopic (exact) mass is 250 g/mol. The second-order valence-electron chi connectivity index (χ2n) is 5.06. The zero-order valence-electron chi connectivity index (χ0n) is 11.0. The Bertz CT molecular complexity index is 329. The van der Waals surface area contributed by atoms with E-state index in [0.717, 1.165) is 25.2 Å². The van der Waals surface area contributed by atoms with Crippen molar-refractivity contribution in [3.8, 4) is 0 Å². The summed E-state index contributed by atoms with van der Waals surface area (Å²) in [6.45, 7) is 5.46. The van der Waals surface area contributed by atoms with Crippen molar-refractivity contribution < 1.29 is 4.39 Å². The van der Waals surface area contributed by atoms with Crippen molar-refractivity contribution >= 4 is 0 Å². The Kier molecular flexibility index (Phi) is 5.62. The van der Waals surface area contributed by atoms with Gasteiger partial charge in [0.05, 0.1) is 0 Å². The first-order valence-corrected chi connectivity index (χ1v) is 7.02. The lowest BCUT2D eigenvalue weighted by atomic mass is 10.2. The number of hydrogen-bond donors (Lipinski definition) is 1. The van der Waals surface area contributed by atoms with Gasteiger partial charge in [0, 0.05) is 19.6 Å². The third-order valence-corrected chi connectivity index (χ3v) is 3.55. The molecule has 1 N–H and O–H groups in total. The third kappa shape index (κ3) is 4.75. The standard InChI is InChI=1S/C15H23FN2/c16-15-7-5-14(6-8-15)13-17-9-12-18-10-3-1-2-4-11-18/h5-8,17H,1-4,9-13H2. The van der Waals surface area contributed by atoms with Gasteiger partial charge >= 0.3 is 0 Å². The molecule has 0 radical (unpaired) electrons. The van der Waals surface area contributed by atoms with E-state index in [2.05, 4.69) is 10.2 Å². The molecular weight excluding hydrogens is 227 g/mol. The second-order valence-corrected chi connectivity index (χ2v) is 5.06. The van der Waals surface area contributed by atoms with Crippen molar-refractivity contribution in [2.75, 3.05) is 26.2 Å². The van der Waals surface area contributed by atoms with E-state index >= 15 is 0 Å². The molecule has 1 aliphatic heterocycles. The molecule has 0 bridgehead atoms. The number of likely N-dealkylation sites (tertiary alicyclic amines) is 1. The predicted molar refractivity (Wildman–Crippen MR) is 73.0 cm³/mol. The fourth-order valence-electron chi connectivity index (χ4n) is 2.43. The van der Waals surface area contributed by atoms with Crippen molar-refractivity contribution in [2.45, 2.75) is 32.2 Å². The molecule has 0 spiro atoms. The van der Waals surface area contributed by atoms with E-state index in [0.29, 0.717) is 0 Å². The Morgan fingerprint density at radius 3 is 2.33 bits per heavy atom. The van der Waals surface area contributed by atoms with E-state index in [1.54, 1.807) is 0 Å². The van der Waals surface area contributed by atoms with Gasteiger partial charge in [0.2, 0.25) is 0 Å². The first-order valence-electron chi connectivity index (χ1n) is 7.02. The van der Waals surface area contributed by atoms with Gasteiger partial charge in [-0.1, -0.05) is 25.0 Å². The molecule has 1 saturated heterocycles. The third-order valence-electron chi connectivity index (χ3n) is 3.55. The highest BCUT2D eigenvalue weighted by Gasteiger charge is 2.07. The number of rotatable bonds is 5. The molecule has 0 amide bonds. The molecule has 2 nitrogen and oxygen atoms in total. The molecule has 1 heterocycles. The normalized spacial score (nSPS) is 17.6. The van der Waals surface area contributed by atoms with Crippen molar-refractivity contribution in [1.29, 1.82) is 0 Å². The molecule has 0 saturated carbocycles. The summed E-state index contributed by atoms with van der Waals surface area (Å²) in [5.74, 6) is -0.164. The summed E-state index contributed by atoms with van der Waals surface area (Å²) in [5.41, 5.74) is 1.15. The molecule has 1 aliphatic rings. The van der Waals surface area contributed by atoms with Crippen LogP contribution in [0.2, 0.25) is 0 Å². The van der Waals surface area contributed by atoms with Crippen LogP contribution in [-0.4, -0.2) is 31.1 Å². The molecule has 1 aromatic rings. The fourth-order valence-corrected chi connectivity index (χ4v) is 2.43. The minimum Gasteiger partial charge on any atom is -0.311 e. The highest BCUT2D eigenvalue weighted by atomic mass is 19.1. The topological polar surface area (TPSA) is 15.3 Å². The Morgan fingerprint density at radius 1 is 1.00 bits per heavy atom. The molecular formula is C15H23FN2. The maximum atomic E-state index is 12.7. The van der Waals surface area contributed by atoms with Gasteiger partial charge in [-0.25, -0.2) is 4.39 Å². The predicted octanol–water partition coefficient (Wildman–Crippen LogP) is 2.79. The Labute approximate surface area is 109 Å². The number of nitrogens with one attached hydrogen (secondary N) is 1. The van der Waals surface area contributed by atoms with Gasteiger partial charge < -0.3 is 10.2 Å². The number of halogens is 1. The maximum Gasteiger partial charge on any atom is 0.123 e. The van der Waals surface area contributed by atoms with E-state index in [1.807, 2.05) is 12.1 Å². The Hall–Kier alpha value is -0.930. The summed E-state index contributed by atoms with van der Waals surface area (Å²) < 4.78 is 12.7. The summed E-state index contributed by atoms with van der Waals surface area (Å²) in [6.07, 6.45) is 5.47. The highest BCUT2D eigenvalue weighted by molar-refractivity contribution is 5.15. The van der Waals surface area contributed by atoms with Crippen LogP contribution in [0.1, 0.15) is 31.2 Å².